The van der Waals surface area contributed by atoms with Crippen molar-refractivity contribution in [3.8, 4) is 5.75 Å². The van der Waals surface area contributed by atoms with Gasteiger partial charge in [-0.1, -0.05) is 30.4 Å². The number of amides is 2. The number of carbonyl (C=O) groups is 2. The Kier molecular flexibility index (Phi) is 6.53. The molecule has 0 unspecified atom stereocenters. The lowest BCUT2D eigenvalue weighted by molar-refractivity contribution is -0.128. The van der Waals surface area contributed by atoms with Crippen LogP contribution >= 0.6 is 0 Å². The zero-order valence-corrected chi connectivity index (χ0v) is 10.9. The topological polar surface area (TPSA) is 67.4 Å². The van der Waals surface area contributed by atoms with Crippen LogP contribution in [-0.4, -0.2) is 18.4 Å². The Morgan fingerprint density at radius 1 is 1.25 bits per heavy atom. The second-order valence-electron chi connectivity index (χ2n) is 3.64. The molecule has 0 radical (unpaired) electrons. The maximum absolute atomic E-state index is 13.2. The van der Waals surface area contributed by atoms with E-state index in [1.807, 2.05) is 6.92 Å². The second-order valence-corrected chi connectivity index (χ2v) is 3.64. The summed E-state index contributed by atoms with van der Waals surface area (Å²) >= 11 is 0. The number of benzene rings is 1. The van der Waals surface area contributed by atoms with Crippen molar-refractivity contribution in [1.29, 1.82) is 0 Å². The number of allylic oxidation sites excluding steroid dienone is 3. The molecule has 0 aliphatic heterocycles. The fraction of sp³-hybridized carbons (Fsp3) is 0.143. The lowest BCUT2D eigenvalue weighted by atomic mass is 10.3. The van der Waals surface area contributed by atoms with E-state index >= 15 is 0 Å². The zero-order chi connectivity index (χ0) is 14.8. The van der Waals surface area contributed by atoms with Crippen molar-refractivity contribution >= 4 is 11.8 Å². The van der Waals surface area contributed by atoms with E-state index in [-0.39, 0.29) is 5.75 Å². The first-order valence-corrected chi connectivity index (χ1v) is 5.89. The quantitative estimate of drug-likeness (QED) is 0.487. The highest BCUT2D eigenvalue weighted by atomic mass is 19.1. The van der Waals surface area contributed by atoms with Crippen LogP contribution < -0.4 is 15.6 Å². The number of hydrogen-bond acceptors (Lipinski definition) is 3. The molecule has 5 nitrogen and oxygen atoms in total. The van der Waals surface area contributed by atoms with E-state index in [2.05, 4.69) is 10.9 Å². The van der Waals surface area contributed by atoms with Crippen molar-refractivity contribution in [3.05, 3.63) is 54.4 Å². The van der Waals surface area contributed by atoms with Gasteiger partial charge in [0.1, 0.15) is 0 Å². The number of carbonyl (C=O) groups excluding carboxylic acids is 2. The van der Waals surface area contributed by atoms with Crippen LogP contribution in [0.2, 0.25) is 0 Å². The van der Waals surface area contributed by atoms with Gasteiger partial charge in [-0.3, -0.25) is 20.4 Å². The monoisotopic (exact) mass is 278 g/mol. The van der Waals surface area contributed by atoms with E-state index in [9.17, 15) is 14.0 Å². The normalized spacial score (nSPS) is 10.7. The molecule has 1 rings (SSSR count). The molecular formula is C14H15FN2O3. The molecule has 6 heteroatoms. The Balaban J connectivity index is 2.31. The van der Waals surface area contributed by atoms with Crippen LogP contribution in [0.4, 0.5) is 4.39 Å². The minimum Gasteiger partial charge on any atom is -0.481 e. The van der Waals surface area contributed by atoms with Crippen molar-refractivity contribution in [2.45, 2.75) is 6.92 Å². The van der Waals surface area contributed by atoms with E-state index in [1.54, 1.807) is 18.2 Å². The van der Waals surface area contributed by atoms with Gasteiger partial charge in [-0.2, -0.15) is 0 Å². The highest BCUT2D eigenvalue weighted by molar-refractivity contribution is 5.90. The second kappa shape index (κ2) is 8.47. The third kappa shape index (κ3) is 5.81. The van der Waals surface area contributed by atoms with Crippen molar-refractivity contribution < 1.29 is 18.7 Å². The van der Waals surface area contributed by atoms with Gasteiger partial charge in [0.05, 0.1) is 0 Å². The SMILES string of the molecule is C/C=C/C=C/C(=O)NNC(=O)COc1ccccc1F. The molecule has 106 valence electrons. The third-order valence-electron chi connectivity index (χ3n) is 2.07. The summed E-state index contributed by atoms with van der Waals surface area (Å²) in [4.78, 5) is 22.6. The van der Waals surface area contributed by atoms with Gasteiger partial charge < -0.3 is 4.74 Å². The summed E-state index contributed by atoms with van der Waals surface area (Å²) in [5.41, 5.74) is 4.30. The number of hydrogen-bond donors (Lipinski definition) is 2. The zero-order valence-electron chi connectivity index (χ0n) is 10.9. The Bertz CT molecular complexity index is 527. The van der Waals surface area contributed by atoms with Gasteiger partial charge >= 0.3 is 0 Å². The van der Waals surface area contributed by atoms with Crippen molar-refractivity contribution in [1.82, 2.24) is 10.9 Å². The molecule has 0 atom stereocenters. The molecule has 1 aromatic rings. The largest absolute Gasteiger partial charge is 0.481 e. The molecule has 0 saturated heterocycles. The molecule has 2 N–H and O–H groups in total. The molecule has 1 aromatic carbocycles. The van der Waals surface area contributed by atoms with Crippen LogP contribution in [0.25, 0.3) is 0 Å². The first kappa shape index (κ1) is 15.4. The van der Waals surface area contributed by atoms with Gasteiger partial charge in [-0.05, 0) is 19.1 Å². The summed E-state index contributed by atoms with van der Waals surface area (Å²) in [6.07, 6.45) is 6.20. The fourth-order valence-corrected chi connectivity index (χ4v) is 1.17. The van der Waals surface area contributed by atoms with Crippen LogP contribution in [-0.2, 0) is 9.59 Å². The molecule has 0 fully saturated rings. The van der Waals surface area contributed by atoms with E-state index in [0.29, 0.717) is 0 Å². The van der Waals surface area contributed by atoms with E-state index in [4.69, 9.17) is 4.74 Å². The minimum absolute atomic E-state index is 0.0260. The standard InChI is InChI=1S/C14H15FN2O3/c1-2-3-4-9-13(18)16-17-14(19)10-20-12-8-6-5-7-11(12)15/h2-9H,10H2,1H3,(H,16,18)(H,17,19)/b3-2+,9-4+. The highest BCUT2D eigenvalue weighted by Crippen LogP contribution is 2.14. The Labute approximate surface area is 116 Å². The summed E-state index contributed by atoms with van der Waals surface area (Å²) in [5, 5.41) is 0. The maximum Gasteiger partial charge on any atom is 0.276 e. The van der Waals surface area contributed by atoms with Crippen LogP contribution in [0, 0.1) is 5.82 Å². The fourth-order valence-electron chi connectivity index (χ4n) is 1.17. The molecule has 2 amide bonds. The summed E-state index contributed by atoms with van der Waals surface area (Å²) in [7, 11) is 0. The van der Waals surface area contributed by atoms with Crippen molar-refractivity contribution in [2.24, 2.45) is 0 Å². The van der Waals surface area contributed by atoms with E-state index in [1.165, 1.54) is 30.4 Å². The van der Waals surface area contributed by atoms with E-state index in [0.717, 1.165) is 0 Å². The van der Waals surface area contributed by atoms with Crippen molar-refractivity contribution in [2.75, 3.05) is 6.61 Å². The lowest BCUT2D eigenvalue weighted by Crippen LogP contribution is -2.43. The molecule has 0 heterocycles. The van der Waals surface area contributed by atoms with Gasteiger partial charge in [-0.15, -0.1) is 0 Å². The lowest BCUT2D eigenvalue weighted by Gasteiger charge is -2.07. The minimum atomic E-state index is -0.596. The molecule has 0 aliphatic rings. The van der Waals surface area contributed by atoms with Gasteiger partial charge in [-0.25, -0.2) is 4.39 Å². The van der Waals surface area contributed by atoms with Crippen LogP contribution in [0.15, 0.2) is 48.6 Å². The Hall–Kier alpha value is -2.63. The molecule has 20 heavy (non-hydrogen) atoms. The summed E-state index contributed by atoms with van der Waals surface area (Å²) in [6, 6.07) is 5.73. The summed E-state index contributed by atoms with van der Waals surface area (Å²) in [5.74, 6) is -1.66. The Morgan fingerprint density at radius 3 is 2.70 bits per heavy atom. The van der Waals surface area contributed by atoms with Crippen molar-refractivity contribution in [3.63, 3.8) is 0 Å². The van der Waals surface area contributed by atoms with Crippen LogP contribution in [0.1, 0.15) is 6.92 Å². The first-order valence-electron chi connectivity index (χ1n) is 5.89. The summed E-state index contributed by atoms with van der Waals surface area (Å²) < 4.78 is 18.1. The van der Waals surface area contributed by atoms with Gasteiger partial charge in [0.15, 0.2) is 18.2 Å². The smallest absolute Gasteiger partial charge is 0.276 e. The number of rotatable bonds is 5. The molecule has 0 spiro atoms. The number of hydrazine groups is 1. The average molecular weight is 278 g/mol. The van der Waals surface area contributed by atoms with E-state index < -0.39 is 24.2 Å². The van der Waals surface area contributed by atoms with Gasteiger partial charge in [0, 0.05) is 6.08 Å². The van der Waals surface area contributed by atoms with Gasteiger partial charge in [0.25, 0.3) is 11.8 Å². The molecule has 0 saturated carbocycles. The molecule has 0 bridgehead atoms. The number of para-hydroxylation sites is 1. The number of halogens is 1. The predicted octanol–water partition coefficient (Wildman–Crippen LogP) is 1.48. The summed E-state index contributed by atoms with van der Waals surface area (Å²) in [6.45, 7) is 1.41. The molecular weight excluding hydrogens is 263 g/mol. The molecule has 0 aromatic heterocycles. The van der Waals surface area contributed by atoms with Gasteiger partial charge in [0.2, 0.25) is 0 Å². The first-order chi connectivity index (χ1) is 9.63. The Morgan fingerprint density at radius 2 is 2.00 bits per heavy atom. The predicted molar refractivity (Wildman–Crippen MR) is 72.1 cm³/mol. The van der Waals surface area contributed by atoms with Crippen LogP contribution in [0.5, 0.6) is 5.75 Å². The highest BCUT2D eigenvalue weighted by Gasteiger charge is 2.06. The maximum atomic E-state index is 13.2. The third-order valence-corrected chi connectivity index (χ3v) is 2.07. The molecule has 0 aliphatic carbocycles. The average Bonchev–Trinajstić information content (AvgIpc) is 2.44. The number of nitrogens with one attached hydrogen (secondary N) is 2. The number of ether oxygens (including phenoxy) is 1. The van der Waals surface area contributed by atoms with Crippen LogP contribution in [0.3, 0.4) is 0 Å².